The monoisotopic (exact) mass is 548 g/mol. The highest BCUT2D eigenvalue weighted by Crippen LogP contribution is 2.36. The van der Waals surface area contributed by atoms with Crippen molar-refractivity contribution in [2.24, 2.45) is 0 Å². The number of ether oxygens (including phenoxy) is 1. The number of methoxy groups -OCH3 is 1. The van der Waals surface area contributed by atoms with Crippen molar-refractivity contribution < 1.29 is 32.2 Å². The number of alkyl halides is 4. The minimum absolute atomic E-state index is 0.0614. The number of piperidine rings is 1. The topological polar surface area (TPSA) is 77.1 Å². The van der Waals surface area contributed by atoms with E-state index in [1.54, 1.807) is 12.1 Å². The molecule has 0 aromatic heterocycles. The molecule has 39 heavy (non-hydrogen) atoms. The second-order valence-electron chi connectivity index (χ2n) is 9.62. The first kappa shape index (κ1) is 28.4. The molecule has 3 N–H and O–H groups in total. The molecule has 1 aromatic rings. The normalized spacial score (nSPS) is 23.1. The van der Waals surface area contributed by atoms with Crippen LogP contribution in [0.2, 0.25) is 0 Å². The van der Waals surface area contributed by atoms with Crippen molar-refractivity contribution in [2.45, 2.75) is 44.2 Å². The summed E-state index contributed by atoms with van der Waals surface area (Å²) in [7, 11) is 1.41. The first-order valence-corrected chi connectivity index (χ1v) is 12.8. The molecule has 11 heteroatoms. The molecule has 3 atom stereocenters. The van der Waals surface area contributed by atoms with Crippen LogP contribution in [0.4, 0.5) is 23.2 Å². The third-order valence-electron chi connectivity index (χ3n) is 7.09. The van der Waals surface area contributed by atoms with Crippen LogP contribution in [-0.2, 0) is 0 Å². The fourth-order valence-corrected chi connectivity index (χ4v) is 5.07. The fourth-order valence-electron chi connectivity index (χ4n) is 5.07. The fraction of sp³-hybridized carbons (Fsp3) is 0.464. The number of aromatic carboxylic acids is 1. The minimum atomic E-state index is -4.43. The molecule has 1 fully saturated rings. The molecule has 1 unspecified atom stereocenters. The van der Waals surface area contributed by atoms with Gasteiger partial charge >= 0.3 is 12.1 Å². The van der Waals surface area contributed by atoms with E-state index in [1.165, 1.54) is 24.1 Å². The van der Waals surface area contributed by atoms with Crippen molar-refractivity contribution in [1.82, 2.24) is 15.1 Å². The quantitative estimate of drug-likeness (QED) is 0.333. The Morgan fingerprint density at radius 2 is 2.10 bits per heavy atom. The average molecular weight is 549 g/mol. The van der Waals surface area contributed by atoms with Gasteiger partial charge in [-0.15, -0.1) is 0 Å². The maximum atomic E-state index is 14.8. The molecule has 0 spiro atoms. The molecule has 0 amide bonds. The van der Waals surface area contributed by atoms with Crippen LogP contribution in [0.3, 0.4) is 0 Å². The SMILES string of the molecule is CCN1CC[C@@H](NC2=C3C=C(C#CCNc4ccc(C(=O)O)cc4OC)N(CC(F)(F)F)C3CC=C2)[C@@H](F)C1. The number of likely N-dealkylation sites (tertiary alicyclic amines) is 1. The standard InChI is InChI=1S/C28H32F4N4O3/c1-3-35-13-11-23(21(29)16-35)34-22-7-4-8-25-20(22)15-19(36(25)17-28(30,31)32)6-5-12-33-24-10-9-18(27(37)38)14-26(24)39-2/h4,7,9-10,14-15,21,23,25,33-34H,3,8,11-13,16-17H2,1-2H3,(H,37,38)/t21-,23+,25?/m0/s1. The first-order valence-electron chi connectivity index (χ1n) is 12.8. The van der Waals surface area contributed by atoms with Crippen LogP contribution in [0.15, 0.2) is 53.4 Å². The van der Waals surface area contributed by atoms with E-state index in [2.05, 4.69) is 22.5 Å². The summed E-state index contributed by atoms with van der Waals surface area (Å²) in [5.41, 5.74) is 2.12. The van der Waals surface area contributed by atoms with Crippen molar-refractivity contribution in [1.29, 1.82) is 0 Å². The Bertz CT molecular complexity index is 1230. The predicted molar refractivity (Wildman–Crippen MR) is 140 cm³/mol. The number of anilines is 1. The van der Waals surface area contributed by atoms with E-state index in [0.29, 0.717) is 42.1 Å². The first-order chi connectivity index (χ1) is 18.6. The number of carbonyl (C=O) groups is 1. The van der Waals surface area contributed by atoms with Gasteiger partial charge in [0.2, 0.25) is 0 Å². The van der Waals surface area contributed by atoms with Crippen LogP contribution in [0.5, 0.6) is 5.75 Å². The lowest BCUT2D eigenvalue weighted by Crippen LogP contribution is -2.50. The zero-order valence-electron chi connectivity index (χ0n) is 21.8. The van der Waals surface area contributed by atoms with E-state index in [-0.39, 0.29) is 17.8 Å². The number of hydrogen-bond acceptors (Lipinski definition) is 6. The van der Waals surface area contributed by atoms with Gasteiger partial charge < -0.3 is 30.3 Å². The summed E-state index contributed by atoms with van der Waals surface area (Å²) in [6.45, 7) is 2.78. The molecule has 4 rings (SSSR count). The zero-order valence-corrected chi connectivity index (χ0v) is 21.8. The highest BCUT2D eigenvalue weighted by molar-refractivity contribution is 5.89. The summed E-state index contributed by atoms with van der Waals surface area (Å²) < 4.78 is 60.6. The van der Waals surface area contributed by atoms with Crippen molar-refractivity contribution >= 4 is 11.7 Å². The molecule has 210 valence electrons. The van der Waals surface area contributed by atoms with Gasteiger partial charge in [-0.3, -0.25) is 0 Å². The van der Waals surface area contributed by atoms with Crippen LogP contribution in [0.25, 0.3) is 0 Å². The molecule has 2 aliphatic heterocycles. The molecular weight excluding hydrogens is 516 g/mol. The van der Waals surface area contributed by atoms with Gasteiger partial charge in [-0.05, 0) is 55.7 Å². The Morgan fingerprint density at radius 3 is 2.77 bits per heavy atom. The minimum Gasteiger partial charge on any atom is -0.495 e. The number of carboxylic acids is 1. The number of nitrogens with zero attached hydrogens (tertiary/aromatic N) is 2. The number of rotatable bonds is 8. The largest absolute Gasteiger partial charge is 0.495 e. The Morgan fingerprint density at radius 1 is 1.31 bits per heavy atom. The van der Waals surface area contributed by atoms with Gasteiger partial charge in [0, 0.05) is 24.4 Å². The number of benzene rings is 1. The lowest BCUT2D eigenvalue weighted by molar-refractivity contribution is -0.143. The second kappa shape index (κ2) is 12.0. The summed E-state index contributed by atoms with van der Waals surface area (Å²) in [6, 6.07) is 3.37. The lowest BCUT2D eigenvalue weighted by Gasteiger charge is -2.36. The molecule has 1 saturated heterocycles. The molecule has 0 radical (unpaired) electrons. The smallest absolute Gasteiger partial charge is 0.405 e. The second-order valence-corrected chi connectivity index (χ2v) is 9.62. The van der Waals surface area contributed by atoms with Crippen LogP contribution >= 0.6 is 0 Å². The number of nitrogens with one attached hydrogen (secondary N) is 2. The van der Waals surface area contributed by atoms with Gasteiger partial charge in [0.15, 0.2) is 0 Å². The molecule has 3 aliphatic rings. The Labute approximate surface area is 225 Å². The Hall–Kier alpha value is -3.65. The average Bonchev–Trinajstić information content (AvgIpc) is 3.24. The maximum Gasteiger partial charge on any atom is 0.405 e. The van der Waals surface area contributed by atoms with E-state index in [1.807, 2.05) is 24.0 Å². The Balaban J connectivity index is 1.53. The molecular formula is C28H32F4N4O3. The summed E-state index contributed by atoms with van der Waals surface area (Å²) in [5, 5.41) is 15.4. The van der Waals surface area contributed by atoms with E-state index in [4.69, 9.17) is 9.84 Å². The molecule has 7 nitrogen and oxygen atoms in total. The molecule has 1 aromatic carbocycles. The van der Waals surface area contributed by atoms with Gasteiger partial charge in [-0.2, -0.15) is 13.2 Å². The van der Waals surface area contributed by atoms with Gasteiger partial charge in [-0.25, -0.2) is 9.18 Å². The molecule has 0 bridgehead atoms. The van der Waals surface area contributed by atoms with Crippen molar-refractivity contribution in [3.8, 4) is 17.6 Å². The van der Waals surface area contributed by atoms with Gasteiger partial charge in [0.05, 0.1) is 42.7 Å². The highest BCUT2D eigenvalue weighted by atomic mass is 19.4. The van der Waals surface area contributed by atoms with Crippen molar-refractivity contribution in [2.75, 3.05) is 45.2 Å². The van der Waals surface area contributed by atoms with Gasteiger partial charge in [0.25, 0.3) is 0 Å². The predicted octanol–water partition coefficient (Wildman–Crippen LogP) is 4.18. The summed E-state index contributed by atoms with van der Waals surface area (Å²) in [4.78, 5) is 14.5. The van der Waals surface area contributed by atoms with E-state index < -0.39 is 36.9 Å². The van der Waals surface area contributed by atoms with Crippen LogP contribution in [0.1, 0.15) is 30.1 Å². The van der Waals surface area contributed by atoms with Gasteiger partial charge in [0.1, 0.15) is 18.5 Å². The molecule has 0 saturated carbocycles. The lowest BCUT2D eigenvalue weighted by atomic mass is 9.95. The number of carboxylic acid groups (broad SMARTS) is 1. The summed E-state index contributed by atoms with van der Waals surface area (Å²) >= 11 is 0. The van der Waals surface area contributed by atoms with E-state index in [9.17, 15) is 22.4 Å². The zero-order chi connectivity index (χ0) is 28.2. The molecule has 1 aliphatic carbocycles. The number of hydrogen-bond donors (Lipinski definition) is 3. The summed E-state index contributed by atoms with van der Waals surface area (Å²) in [5.74, 6) is 4.95. The highest BCUT2D eigenvalue weighted by Gasteiger charge is 2.40. The third kappa shape index (κ3) is 6.87. The number of allylic oxidation sites excluding steroid dienone is 2. The third-order valence-corrected chi connectivity index (χ3v) is 7.09. The number of fused-ring (bicyclic) bond motifs is 1. The van der Waals surface area contributed by atoms with Crippen LogP contribution in [-0.4, -0.2) is 85.1 Å². The van der Waals surface area contributed by atoms with Crippen molar-refractivity contribution in [3.05, 3.63) is 59.0 Å². The number of halogens is 4. The summed E-state index contributed by atoms with van der Waals surface area (Å²) in [6.07, 6.45) is 0.771. The van der Waals surface area contributed by atoms with E-state index >= 15 is 0 Å². The van der Waals surface area contributed by atoms with Gasteiger partial charge in [-0.1, -0.05) is 18.9 Å². The van der Waals surface area contributed by atoms with Crippen molar-refractivity contribution in [3.63, 3.8) is 0 Å². The maximum absolute atomic E-state index is 14.8. The van der Waals surface area contributed by atoms with Crippen LogP contribution in [0, 0.1) is 11.8 Å². The molecule has 2 heterocycles. The van der Waals surface area contributed by atoms with E-state index in [0.717, 1.165) is 13.1 Å². The van der Waals surface area contributed by atoms with Crippen LogP contribution < -0.4 is 15.4 Å². The Kier molecular flexibility index (Phi) is 8.75.